The molecule has 0 aromatic rings. The van der Waals surface area contributed by atoms with Crippen molar-refractivity contribution in [2.24, 2.45) is 28.6 Å². The molecule has 0 saturated heterocycles. The molecule has 3 aliphatic rings. The van der Waals surface area contributed by atoms with Gasteiger partial charge in [0.25, 0.3) is 0 Å². The maximum atomic E-state index is 2.59. The van der Waals surface area contributed by atoms with Crippen molar-refractivity contribution < 1.29 is 0 Å². The number of rotatable bonds is 1. The van der Waals surface area contributed by atoms with Crippen LogP contribution in [0.15, 0.2) is 10.5 Å². The van der Waals surface area contributed by atoms with Crippen molar-refractivity contribution in [3.63, 3.8) is 0 Å². The molecule has 4 atom stereocenters. The first kappa shape index (κ1) is 12.1. The fourth-order valence-corrected chi connectivity index (χ4v) is 6.55. The summed E-state index contributed by atoms with van der Waals surface area (Å²) in [5, 5.41) is 0. The van der Waals surface area contributed by atoms with E-state index in [0.29, 0.717) is 10.8 Å². The third kappa shape index (κ3) is 1.33. The van der Waals surface area contributed by atoms with Crippen LogP contribution in [0.5, 0.6) is 0 Å². The lowest BCUT2D eigenvalue weighted by Crippen LogP contribution is -2.34. The quantitative estimate of drug-likeness (QED) is 0.623. The number of allylic oxidation sites excluding steroid dienone is 2. The highest BCUT2D eigenvalue weighted by Crippen LogP contribution is 2.72. The van der Waals surface area contributed by atoms with Gasteiger partial charge in [-0.1, -0.05) is 33.3 Å². The van der Waals surface area contributed by atoms with Gasteiger partial charge < -0.3 is 0 Å². The van der Waals surface area contributed by atoms with E-state index in [9.17, 15) is 0 Å². The van der Waals surface area contributed by atoms with Crippen LogP contribution < -0.4 is 0 Å². The Morgan fingerprint density at radius 2 is 1.94 bits per heavy atom. The molecule has 0 radical (unpaired) electrons. The van der Waals surface area contributed by atoms with Gasteiger partial charge in [0.1, 0.15) is 0 Å². The Morgan fingerprint density at radius 3 is 2.41 bits per heavy atom. The third-order valence-corrected chi connectivity index (χ3v) is 7.84. The van der Waals surface area contributed by atoms with E-state index < -0.39 is 0 Å². The average Bonchev–Trinajstić information content (AvgIpc) is 2.77. The first-order valence-electron chi connectivity index (χ1n) is 7.22. The fourth-order valence-electron chi connectivity index (χ4n) is 5.51. The number of thioether (sulfide) groups is 1. The summed E-state index contributed by atoms with van der Waals surface area (Å²) >= 11 is 2.10. The van der Waals surface area contributed by atoms with Crippen LogP contribution in [0.2, 0.25) is 0 Å². The summed E-state index contributed by atoms with van der Waals surface area (Å²) < 4.78 is 0. The van der Waals surface area contributed by atoms with E-state index in [1.165, 1.54) is 25.0 Å². The van der Waals surface area contributed by atoms with Crippen molar-refractivity contribution in [1.82, 2.24) is 0 Å². The molecule has 2 saturated carbocycles. The molecular formula is C16H26S. The summed E-state index contributed by atoms with van der Waals surface area (Å²) in [5.41, 5.74) is 2.95. The van der Waals surface area contributed by atoms with Gasteiger partial charge in [-0.3, -0.25) is 0 Å². The number of fused-ring (bicyclic) bond motifs is 2. The minimum absolute atomic E-state index is 0.553. The second-order valence-corrected chi connectivity index (χ2v) is 8.61. The van der Waals surface area contributed by atoms with Crippen LogP contribution in [0, 0.1) is 28.6 Å². The van der Waals surface area contributed by atoms with Crippen LogP contribution in [0.25, 0.3) is 0 Å². The Bertz CT molecular complexity index is 379. The minimum Gasteiger partial charge on any atom is -0.131 e. The van der Waals surface area contributed by atoms with Crippen molar-refractivity contribution in [2.45, 2.75) is 53.9 Å². The molecule has 96 valence electrons. The monoisotopic (exact) mass is 250 g/mol. The van der Waals surface area contributed by atoms with Gasteiger partial charge in [-0.15, -0.1) is 11.8 Å². The summed E-state index contributed by atoms with van der Waals surface area (Å²) in [6.45, 7) is 12.6. The smallest absolute Gasteiger partial charge is 0.00144 e. The Labute approximate surface area is 111 Å². The van der Waals surface area contributed by atoms with Gasteiger partial charge in [-0.05, 0) is 59.7 Å². The normalized spacial score (nSPS) is 48.2. The van der Waals surface area contributed by atoms with E-state index in [1.54, 1.807) is 4.91 Å². The molecule has 0 N–H and O–H groups in total. The molecular weight excluding hydrogens is 224 g/mol. The van der Waals surface area contributed by atoms with Crippen LogP contribution in [0.4, 0.5) is 0 Å². The summed E-state index contributed by atoms with van der Waals surface area (Å²) in [6.07, 6.45) is 4.30. The third-order valence-electron chi connectivity index (χ3n) is 6.74. The molecule has 17 heavy (non-hydrogen) atoms. The zero-order valence-electron chi connectivity index (χ0n) is 12.0. The number of hydrogen-bond acceptors (Lipinski definition) is 1. The first-order chi connectivity index (χ1) is 7.89. The van der Waals surface area contributed by atoms with Crippen molar-refractivity contribution in [3.05, 3.63) is 10.5 Å². The molecule has 2 fully saturated rings. The lowest BCUT2D eigenvalue weighted by molar-refractivity contribution is 0.114. The Hall–Kier alpha value is 0.0900. The van der Waals surface area contributed by atoms with E-state index >= 15 is 0 Å². The van der Waals surface area contributed by atoms with Crippen LogP contribution in [-0.2, 0) is 0 Å². The first-order valence-corrected chi connectivity index (χ1v) is 8.20. The van der Waals surface area contributed by atoms with Crippen LogP contribution in [0.1, 0.15) is 53.9 Å². The summed E-state index contributed by atoms with van der Waals surface area (Å²) in [6, 6.07) is 0. The van der Waals surface area contributed by atoms with Crippen molar-refractivity contribution in [1.29, 1.82) is 0 Å². The van der Waals surface area contributed by atoms with E-state index in [1.807, 2.05) is 5.57 Å². The highest BCUT2D eigenvalue weighted by atomic mass is 32.2. The van der Waals surface area contributed by atoms with Gasteiger partial charge >= 0.3 is 0 Å². The lowest BCUT2D eigenvalue weighted by Gasteiger charge is -2.41. The molecule has 0 spiro atoms. The number of hydrogen-bond donors (Lipinski definition) is 0. The summed E-state index contributed by atoms with van der Waals surface area (Å²) in [7, 11) is 0. The molecule has 0 aromatic carbocycles. The van der Waals surface area contributed by atoms with Crippen LogP contribution in [-0.4, -0.2) is 5.75 Å². The average molecular weight is 250 g/mol. The van der Waals surface area contributed by atoms with Gasteiger partial charge in [0.05, 0.1) is 0 Å². The van der Waals surface area contributed by atoms with Gasteiger partial charge in [-0.25, -0.2) is 0 Å². The highest BCUT2D eigenvalue weighted by Gasteiger charge is 2.65. The molecule has 2 unspecified atom stereocenters. The topological polar surface area (TPSA) is 0 Å². The standard InChI is InChI=1S/C16H26S/c1-10-13-6-8-16(5,15(13,3)4)14(10)12-7-9-17-11(12)2/h10,13-14H,6-9H2,1-5H3/t10?,13-,14?,16+/m1/s1. The molecule has 0 aromatic heterocycles. The SMILES string of the molecule is CC1=C(C2C(C)[C@H]3CC[C@]2(C)C3(C)C)CCS1. The molecule has 2 aliphatic carbocycles. The van der Waals surface area contributed by atoms with Crippen molar-refractivity contribution in [3.8, 4) is 0 Å². The lowest BCUT2D eigenvalue weighted by atomic mass is 9.63. The van der Waals surface area contributed by atoms with Crippen LogP contribution in [0.3, 0.4) is 0 Å². The summed E-state index contributed by atoms with van der Waals surface area (Å²) in [4.78, 5) is 1.66. The molecule has 1 aliphatic heterocycles. The second kappa shape index (κ2) is 3.56. The molecule has 0 amide bonds. The van der Waals surface area contributed by atoms with E-state index in [2.05, 4.69) is 46.4 Å². The second-order valence-electron chi connectivity index (χ2n) is 7.30. The molecule has 1 heterocycles. The van der Waals surface area contributed by atoms with Gasteiger partial charge in [0, 0.05) is 5.75 Å². The van der Waals surface area contributed by atoms with Crippen molar-refractivity contribution in [2.75, 3.05) is 5.75 Å². The molecule has 1 heteroatoms. The zero-order valence-corrected chi connectivity index (χ0v) is 12.8. The zero-order chi connectivity index (χ0) is 12.4. The predicted octanol–water partition coefficient (Wildman–Crippen LogP) is 5.11. The highest BCUT2D eigenvalue weighted by molar-refractivity contribution is 8.03. The molecule has 0 nitrogen and oxygen atoms in total. The van der Waals surface area contributed by atoms with E-state index in [0.717, 1.165) is 17.8 Å². The Kier molecular flexibility index (Phi) is 2.54. The molecule has 2 bridgehead atoms. The maximum Gasteiger partial charge on any atom is 0.00144 e. The maximum absolute atomic E-state index is 2.59. The van der Waals surface area contributed by atoms with E-state index in [4.69, 9.17) is 0 Å². The fraction of sp³-hybridized carbons (Fsp3) is 0.875. The largest absolute Gasteiger partial charge is 0.131 e. The van der Waals surface area contributed by atoms with E-state index in [-0.39, 0.29) is 0 Å². The molecule has 3 rings (SSSR count). The van der Waals surface area contributed by atoms with Gasteiger partial charge in [-0.2, -0.15) is 0 Å². The van der Waals surface area contributed by atoms with Crippen LogP contribution >= 0.6 is 11.8 Å². The predicted molar refractivity (Wildman–Crippen MR) is 77.0 cm³/mol. The summed E-state index contributed by atoms with van der Waals surface area (Å²) in [5.74, 6) is 4.09. The van der Waals surface area contributed by atoms with Gasteiger partial charge in [0.2, 0.25) is 0 Å². The minimum atomic E-state index is 0.553. The van der Waals surface area contributed by atoms with Gasteiger partial charge in [0.15, 0.2) is 0 Å². The van der Waals surface area contributed by atoms with Crippen molar-refractivity contribution >= 4 is 11.8 Å². The Morgan fingerprint density at radius 1 is 1.24 bits per heavy atom. The Balaban J connectivity index is 2.05.